The van der Waals surface area contributed by atoms with E-state index in [4.69, 9.17) is 6.42 Å². The highest BCUT2D eigenvalue weighted by Gasteiger charge is 1.99. The third-order valence-electron chi connectivity index (χ3n) is 2.51. The van der Waals surface area contributed by atoms with Gasteiger partial charge in [0.1, 0.15) is 0 Å². The van der Waals surface area contributed by atoms with E-state index in [1.807, 2.05) is 0 Å². The van der Waals surface area contributed by atoms with Gasteiger partial charge in [0, 0.05) is 18.4 Å². The molecule has 0 aliphatic heterocycles. The second kappa shape index (κ2) is 6.04. The molecular formula is C16H18. The van der Waals surface area contributed by atoms with Crippen LogP contribution in [0.15, 0.2) is 12.1 Å². The Balaban J connectivity index is 2.78. The van der Waals surface area contributed by atoms with Crippen molar-refractivity contribution in [3.05, 3.63) is 34.4 Å². The van der Waals surface area contributed by atoms with E-state index in [1.54, 1.807) is 0 Å². The molecular weight excluding hydrogens is 192 g/mol. The summed E-state index contributed by atoms with van der Waals surface area (Å²) < 4.78 is 0. The third kappa shape index (κ3) is 3.48. The highest BCUT2D eigenvalue weighted by molar-refractivity contribution is 5.48. The van der Waals surface area contributed by atoms with Crippen molar-refractivity contribution in [2.45, 2.75) is 40.0 Å². The van der Waals surface area contributed by atoms with E-state index in [9.17, 15) is 0 Å². The van der Waals surface area contributed by atoms with Crippen LogP contribution in [0.4, 0.5) is 0 Å². The Morgan fingerprint density at radius 3 is 2.25 bits per heavy atom. The van der Waals surface area contributed by atoms with Gasteiger partial charge in [0.2, 0.25) is 0 Å². The normalized spacial score (nSPS) is 9.12. The van der Waals surface area contributed by atoms with Gasteiger partial charge in [-0.3, -0.25) is 0 Å². The van der Waals surface area contributed by atoms with Crippen LogP contribution in [0.2, 0.25) is 0 Å². The lowest BCUT2D eigenvalue weighted by Gasteiger charge is -2.04. The molecule has 0 spiro atoms. The van der Waals surface area contributed by atoms with E-state index in [0.29, 0.717) is 0 Å². The van der Waals surface area contributed by atoms with Gasteiger partial charge in [-0.1, -0.05) is 29.5 Å². The maximum absolute atomic E-state index is 5.19. The first-order valence-electron chi connectivity index (χ1n) is 5.65. The quantitative estimate of drug-likeness (QED) is 0.515. The van der Waals surface area contributed by atoms with Crippen molar-refractivity contribution in [2.75, 3.05) is 0 Å². The van der Waals surface area contributed by atoms with E-state index in [-0.39, 0.29) is 0 Å². The van der Waals surface area contributed by atoms with Gasteiger partial charge < -0.3 is 0 Å². The summed E-state index contributed by atoms with van der Waals surface area (Å²) in [6.45, 7) is 6.35. The van der Waals surface area contributed by atoms with E-state index >= 15 is 0 Å². The molecule has 1 aromatic carbocycles. The lowest BCUT2D eigenvalue weighted by atomic mass is 10.00. The second-order valence-corrected chi connectivity index (χ2v) is 4.13. The van der Waals surface area contributed by atoms with Crippen LogP contribution < -0.4 is 0 Å². The minimum atomic E-state index is 0.820. The van der Waals surface area contributed by atoms with E-state index in [1.165, 1.54) is 22.3 Å². The van der Waals surface area contributed by atoms with Gasteiger partial charge in [0.25, 0.3) is 0 Å². The molecule has 0 unspecified atom stereocenters. The molecule has 0 aliphatic rings. The monoisotopic (exact) mass is 210 g/mol. The summed E-state index contributed by atoms with van der Waals surface area (Å²) in [5, 5.41) is 0. The molecule has 0 saturated heterocycles. The molecule has 0 heterocycles. The molecule has 0 bridgehead atoms. The van der Waals surface area contributed by atoms with Crippen LogP contribution in [-0.4, -0.2) is 0 Å². The van der Waals surface area contributed by atoms with Crippen LogP contribution in [0, 0.1) is 45.0 Å². The molecule has 82 valence electrons. The summed E-state index contributed by atoms with van der Waals surface area (Å²) in [5.41, 5.74) is 5.00. The van der Waals surface area contributed by atoms with E-state index in [2.05, 4.69) is 50.7 Å². The third-order valence-corrected chi connectivity index (χ3v) is 2.51. The van der Waals surface area contributed by atoms with Crippen molar-refractivity contribution in [3.8, 4) is 24.2 Å². The first-order chi connectivity index (χ1) is 7.65. The zero-order valence-electron chi connectivity index (χ0n) is 10.4. The van der Waals surface area contributed by atoms with Crippen LogP contribution in [0.5, 0.6) is 0 Å². The lowest BCUT2D eigenvalue weighted by molar-refractivity contribution is 0.904. The number of rotatable bonds is 2. The van der Waals surface area contributed by atoms with Gasteiger partial charge in [0.05, 0.1) is 0 Å². The Morgan fingerprint density at radius 1 is 1.06 bits per heavy atom. The van der Waals surface area contributed by atoms with Crippen molar-refractivity contribution in [2.24, 2.45) is 0 Å². The summed E-state index contributed by atoms with van der Waals surface area (Å²) in [6, 6.07) is 4.36. The summed E-state index contributed by atoms with van der Waals surface area (Å²) in [7, 11) is 0. The molecule has 0 fully saturated rings. The number of hydrogen-bond acceptors (Lipinski definition) is 0. The fraction of sp³-hybridized carbons (Fsp3) is 0.375. The summed E-state index contributed by atoms with van der Waals surface area (Å²) in [4.78, 5) is 0. The maximum atomic E-state index is 5.19. The fourth-order valence-corrected chi connectivity index (χ4v) is 1.81. The van der Waals surface area contributed by atoms with Gasteiger partial charge in [-0.15, -0.1) is 12.3 Å². The highest BCUT2D eigenvalue weighted by atomic mass is 14.0. The van der Waals surface area contributed by atoms with Crippen molar-refractivity contribution in [1.29, 1.82) is 0 Å². The number of unbranched alkanes of at least 4 members (excludes halogenated alkanes) is 2. The van der Waals surface area contributed by atoms with Crippen molar-refractivity contribution in [3.63, 3.8) is 0 Å². The molecule has 1 aromatic rings. The maximum Gasteiger partial charge on any atom is 0.0303 e. The first kappa shape index (κ1) is 12.4. The SMILES string of the molecule is C#CCCCC#Cc1c(C)cc(C)cc1C. The summed E-state index contributed by atoms with van der Waals surface area (Å²) >= 11 is 0. The molecule has 0 atom stereocenters. The minimum Gasteiger partial charge on any atom is -0.120 e. The number of hydrogen-bond donors (Lipinski definition) is 0. The highest BCUT2D eigenvalue weighted by Crippen LogP contribution is 2.14. The van der Waals surface area contributed by atoms with Gasteiger partial charge in [0.15, 0.2) is 0 Å². The molecule has 0 aliphatic carbocycles. The van der Waals surface area contributed by atoms with Crippen LogP contribution in [0.1, 0.15) is 41.5 Å². The molecule has 0 radical (unpaired) electrons. The minimum absolute atomic E-state index is 0.820. The van der Waals surface area contributed by atoms with Gasteiger partial charge in [-0.2, -0.15) is 0 Å². The Labute approximate surface area is 99.1 Å². The predicted octanol–water partition coefficient (Wildman–Crippen LogP) is 3.77. The lowest BCUT2D eigenvalue weighted by Crippen LogP contribution is -1.89. The van der Waals surface area contributed by atoms with Gasteiger partial charge in [-0.25, -0.2) is 0 Å². The predicted molar refractivity (Wildman–Crippen MR) is 70.2 cm³/mol. The van der Waals surface area contributed by atoms with Crippen molar-refractivity contribution < 1.29 is 0 Å². The molecule has 16 heavy (non-hydrogen) atoms. The molecule has 0 heteroatoms. The Morgan fingerprint density at radius 2 is 1.69 bits per heavy atom. The summed E-state index contributed by atoms with van der Waals surface area (Å²) in [6.07, 6.45) is 7.89. The van der Waals surface area contributed by atoms with E-state index < -0.39 is 0 Å². The molecule has 0 amide bonds. The average molecular weight is 210 g/mol. The number of terminal acetylenes is 1. The van der Waals surface area contributed by atoms with Gasteiger partial charge >= 0.3 is 0 Å². The van der Waals surface area contributed by atoms with Crippen LogP contribution in [0.3, 0.4) is 0 Å². The van der Waals surface area contributed by atoms with Crippen molar-refractivity contribution >= 4 is 0 Å². The van der Waals surface area contributed by atoms with Crippen LogP contribution in [0.25, 0.3) is 0 Å². The van der Waals surface area contributed by atoms with Crippen LogP contribution in [-0.2, 0) is 0 Å². The standard InChI is InChI=1S/C16H18/c1-5-6-7-8-9-10-16-14(3)11-13(2)12-15(16)4/h1,11-12H,6-8H2,2-4H3. The second-order valence-electron chi connectivity index (χ2n) is 4.13. The molecule has 0 N–H and O–H groups in total. The summed E-state index contributed by atoms with van der Waals surface area (Å²) in [5.74, 6) is 9.07. The Bertz CT molecular complexity index is 438. The fourth-order valence-electron chi connectivity index (χ4n) is 1.81. The van der Waals surface area contributed by atoms with Crippen LogP contribution >= 0.6 is 0 Å². The van der Waals surface area contributed by atoms with Gasteiger partial charge in [-0.05, 0) is 38.3 Å². The Hall–Kier alpha value is -1.66. The molecule has 0 saturated carbocycles. The zero-order valence-corrected chi connectivity index (χ0v) is 10.4. The smallest absolute Gasteiger partial charge is 0.0303 e. The molecule has 0 nitrogen and oxygen atoms in total. The van der Waals surface area contributed by atoms with E-state index in [0.717, 1.165) is 19.3 Å². The largest absolute Gasteiger partial charge is 0.120 e. The van der Waals surface area contributed by atoms with Crippen molar-refractivity contribution in [1.82, 2.24) is 0 Å². The number of aryl methyl sites for hydroxylation is 3. The molecule has 0 aromatic heterocycles. The number of benzene rings is 1. The topological polar surface area (TPSA) is 0 Å². The first-order valence-corrected chi connectivity index (χ1v) is 5.65. The molecule has 1 rings (SSSR count). The zero-order chi connectivity index (χ0) is 12.0. The average Bonchev–Trinajstić information content (AvgIpc) is 2.20. The Kier molecular flexibility index (Phi) is 4.68.